The van der Waals surface area contributed by atoms with Crippen molar-refractivity contribution in [2.24, 2.45) is 11.7 Å². The van der Waals surface area contributed by atoms with Crippen molar-refractivity contribution in [3.63, 3.8) is 0 Å². The minimum Gasteiger partial charge on any atom is -0.480 e. The highest BCUT2D eigenvalue weighted by atomic mass is 16.4. The number of carboxylic acids is 1. The van der Waals surface area contributed by atoms with Crippen LogP contribution in [0.25, 0.3) is 0 Å². The molecule has 0 bridgehead atoms. The Morgan fingerprint density at radius 3 is 2.53 bits per heavy atom. The zero-order valence-corrected chi connectivity index (χ0v) is 8.90. The molecule has 0 aromatic carbocycles. The monoisotopic (exact) mass is 214 g/mol. The summed E-state index contributed by atoms with van der Waals surface area (Å²) in [5.41, 5.74) is 5.76. The minimum atomic E-state index is -0.995. The Morgan fingerprint density at radius 2 is 2.13 bits per heavy atom. The van der Waals surface area contributed by atoms with Crippen molar-refractivity contribution < 1.29 is 14.7 Å². The van der Waals surface area contributed by atoms with Crippen LogP contribution in [-0.4, -0.2) is 29.1 Å². The molecule has 1 unspecified atom stereocenters. The molecule has 1 rings (SSSR count). The number of hydrogen-bond acceptors (Lipinski definition) is 3. The molecule has 0 saturated heterocycles. The van der Waals surface area contributed by atoms with E-state index in [0.717, 1.165) is 12.8 Å². The van der Waals surface area contributed by atoms with Crippen molar-refractivity contribution in [3.05, 3.63) is 0 Å². The molecule has 1 saturated carbocycles. The predicted molar refractivity (Wildman–Crippen MR) is 55.2 cm³/mol. The van der Waals surface area contributed by atoms with E-state index in [2.05, 4.69) is 5.32 Å². The number of carbonyl (C=O) groups is 2. The Kier molecular flexibility index (Phi) is 4.08. The Morgan fingerprint density at radius 1 is 1.53 bits per heavy atom. The van der Waals surface area contributed by atoms with E-state index < -0.39 is 12.0 Å². The summed E-state index contributed by atoms with van der Waals surface area (Å²) in [6.45, 7) is 1.72. The molecule has 0 aromatic rings. The van der Waals surface area contributed by atoms with Gasteiger partial charge in [-0.2, -0.15) is 0 Å². The normalized spacial score (nSPS) is 19.3. The van der Waals surface area contributed by atoms with Crippen LogP contribution in [0.2, 0.25) is 0 Å². The summed E-state index contributed by atoms with van der Waals surface area (Å²) in [6.07, 6.45) is 2.79. The van der Waals surface area contributed by atoms with E-state index in [1.54, 1.807) is 6.92 Å². The van der Waals surface area contributed by atoms with Crippen LogP contribution >= 0.6 is 0 Å². The second kappa shape index (κ2) is 5.11. The van der Waals surface area contributed by atoms with Crippen LogP contribution in [0.5, 0.6) is 0 Å². The van der Waals surface area contributed by atoms with Gasteiger partial charge in [-0.15, -0.1) is 0 Å². The zero-order chi connectivity index (χ0) is 11.4. The van der Waals surface area contributed by atoms with E-state index in [1.807, 2.05) is 0 Å². The molecule has 0 spiro atoms. The van der Waals surface area contributed by atoms with Crippen LogP contribution in [0.15, 0.2) is 0 Å². The van der Waals surface area contributed by atoms with Crippen molar-refractivity contribution in [1.29, 1.82) is 0 Å². The zero-order valence-electron chi connectivity index (χ0n) is 8.90. The quantitative estimate of drug-likeness (QED) is 0.584. The Labute approximate surface area is 89.0 Å². The highest BCUT2D eigenvalue weighted by molar-refractivity contribution is 5.83. The molecular formula is C10H18N2O3. The number of carboxylic acid groups (broad SMARTS) is 1. The third-order valence-corrected chi connectivity index (χ3v) is 2.69. The topological polar surface area (TPSA) is 92.4 Å². The molecule has 2 atom stereocenters. The lowest BCUT2D eigenvalue weighted by Crippen LogP contribution is -2.42. The van der Waals surface area contributed by atoms with Crippen molar-refractivity contribution in [3.8, 4) is 0 Å². The summed E-state index contributed by atoms with van der Waals surface area (Å²) in [4.78, 5) is 22.1. The fourth-order valence-corrected chi connectivity index (χ4v) is 1.50. The van der Waals surface area contributed by atoms with Gasteiger partial charge in [0.2, 0.25) is 5.91 Å². The number of amides is 1. The molecule has 86 valence electrons. The summed E-state index contributed by atoms with van der Waals surface area (Å²) in [6, 6.07) is -0.903. The van der Waals surface area contributed by atoms with Gasteiger partial charge in [-0.05, 0) is 25.2 Å². The predicted octanol–water partition coefficient (Wildman–Crippen LogP) is 0.0932. The summed E-state index contributed by atoms with van der Waals surface area (Å²) in [7, 11) is 0. The maximum atomic E-state index is 11.4. The molecule has 5 heteroatoms. The van der Waals surface area contributed by atoms with Crippen LogP contribution in [0.3, 0.4) is 0 Å². The molecule has 0 aliphatic heterocycles. The Bertz CT molecular complexity index is 251. The molecule has 1 aliphatic carbocycles. The summed E-state index contributed by atoms with van der Waals surface area (Å²) in [5, 5.41) is 11.2. The Hall–Kier alpha value is -1.10. The van der Waals surface area contributed by atoms with Gasteiger partial charge in [0.25, 0.3) is 0 Å². The first-order valence-electron chi connectivity index (χ1n) is 5.32. The molecule has 4 N–H and O–H groups in total. The van der Waals surface area contributed by atoms with Crippen LogP contribution < -0.4 is 11.1 Å². The van der Waals surface area contributed by atoms with Gasteiger partial charge in [0, 0.05) is 12.5 Å². The first kappa shape index (κ1) is 12.0. The van der Waals surface area contributed by atoms with E-state index in [0.29, 0.717) is 12.3 Å². The fourth-order valence-electron chi connectivity index (χ4n) is 1.50. The lowest BCUT2D eigenvalue weighted by molar-refractivity contribution is -0.142. The number of rotatable bonds is 6. The van der Waals surface area contributed by atoms with Gasteiger partial charge in [0.15, 0.2) is 0 Å². The van der Waals surface area contributed by atoms with Crippen LogP contribution in [0.4, 0.5) is 0 Å². The van der Waals surface area contributed by atoms with E-state index in [-0.39, 0.29) is 18.4 Å². The number of hydrogen-bond donors (Lipinski definition) is 3. The first-order valence-corrected chi connectivity index (χ1v) is 5.32. The smallest absolute Gasteiger partial charge is 0.326 e. The van der Waals surface area contributed by atoms with E-state index in [9.17, 15) is 9.59 Å². The number of aliphatic carboxylic acids is 1. The van der Waals surface area contributed by atoms with Crippen LogP contribution in [-0.2, 0) is 9.59 Å². The lowest BCUT2D eigenvalue weighted by atomic mass is 10.1. The van der Waals surface area contributed by atoms with E-state index >= 15 is 0 Å². The molecule has 15 heavy (non-hydrogen) atoms. The minimum absolute atomic E-state index is 0.115. The number of nitrogens with two attached hydrogens (primary N) is 1. The van der Waals surface area contributed by atoms with Crippen molar-refractivity contribution in [1.82, 2.24) is 5.32 Å². The van der Waals surface area contributed by atoms with Crippen molar-refractivity contribution >= 4 is 11.9 Å². The molecule has 0 radical (unpaired) electrons. The van der Waals surface area contributed by atoms with Gasteiger partial charge in [-0.1, -0.05) is 6.92 Å². The maximum absolute atomic E-state index is 11.4. The molecule has 1 fully saturated rings. The van der Waals surface area contributed by atoms with Gasteiger partial charge in [0.1, 0.15) is 6.04 Å². The SMILES string of the molecule is CC[C@@H](NC(=O)CC(N)C1CC1)C(=O)O. The third kappa shape index (κ3) is 3.87. The van der Waals surface area contributed by atoms with Gasteiger partial charge < -0.3 is 16.2 Å². The highest BCUT2D eigenvalue weighted by Crippen LogP contribution is 2.32. The van der Waals surface area contributed by atoms with Crippen LogP contribution in [0, 0.1) is 5.92 Å². The van der Waals surface area contributed by atoms with Gasteiger partial charge >= 0.3 is 5.97 Å². The van der Waals surface area contributed by atoms with Crippen molar-refractivity contribution in [2.45, 2.75) is 44.7 Å². The van der Waals surface area contributed by atoms with Crippen molar-refractivity contribution in [2.75, 3.05) is 0 Å². The first-order chi connectivity index (χ1) is 7.04. The molecule has 0 aromatic heterocycles. The molecule has 1 amide bonds. The molecule has 0 heterocycles. The fraction of sp³-hybridized carbons (Fsp3) is 0.800. The number of nitrogens with one attached hydrogen (secondary N) is 1. The summed E-state index contributed by atoms with van der Waals surface area (Å²) in [5.74, 6) is -0.796. The van der Waals surface area contributed by atoms with Gasteiger partial charge in [-0.25, -0.2) is 4.79 Å². The maximum Gasteiger partial charge on any atom is 0.326 e. The van der Waals surface area contributed by atoms with Gasteiger partial charge in [0.05, 0.1) is 0 Å². The molecule has 1 aliphatic rings. The second-order valence-corrected chi connectivity index (χ2v) is 4.07. The molecule has 5 nitrogen and oxygen atoms in total. The largest absolute Gasteiger partial charge is 0.480 e. The summed E-state index contributed by atoms with van der Waals surface area (Å²) < 4.78 is 0. The second-order valence-electron chi connectivity index (χ2n) is 4.07. The van der Waals surface area contributed by atoms with Gasteiger partial charge in [-0.3, -0.25) is 4.79 Å². The number of carbonyl (C=O) groups excluding carboxylic acids is 1. The third-order valence-electron chi connectivity index (χ3n) is 2.69. The van der Waals surface area contributed by atoms with E-state index in [4.69, 9.17) is 10.8 Å². The highest BCUT2D eigenvalue weighted by Gasteiger charge is 2.30. The standard InChI is InChI=1S/C10H18N2O3/c1-2-8(10(14)15)12-9(13)5-7(11)6-3-4-6/h6-8H,2-5,11H2,1H3,(H,12,13)(H,14,15)/t7?,8-/m1/s1. The van der Waals surface area contributed by atoms with Crippen LogP contribution in [0.1, 0.15) is 32.6 Å². The Balaban J connectivity index is 2.29. The lowest BCUT2D eigenvalue weighted by Gasteiger charge is -2.14. The average Bonchev–Trinajstić information content (AvgIpc) is 2.96. The molecular weight excluding hydrogens is 196 g/mol. The summed E-state index contributed by atoms with van der Waals surface area (Å²) >= 11 is 0. The van der Waals surface area contributed by atoms with E-state index in [1.165, 1.54) is 0 Å². The average molecular weight is 214 g/mol.